The van der Waals surface area contributed by atoms with Crippen LogP contribution in [0.5, 0.6) is 0 Å². The average molecular weight is 223 g/mol. The monoisotopic (exact) mass is 223 g/mol. The van der Waals surface area contributed by atoms with Crippen molar-refractivity contribution in [1.82, 2.24) is 15.1 Å². The quantitative estimate of drug-likeness (QED) is 0.700. The number of piperazine rings is 3. The van der Waals surface area contributed by atoms with Crippen LogP contribution in [0.25, 0.3) is 0 Å². The molecule has 0 aromatic carbocycles. The van der Waals surface area contributed by atoms with Crippen molar-refractivity contribution in [3.8, 4) is 0 Å². The van der Waals surface area contributed by atoms with Crippen LogP contribution in [0.15, 0.2) is 12.2 Å². The van der Waals surface area contributed by atoms with Crippen molar-refractivity contribution in [3.05, 3.63) is 12.2 Å². The Hall–Kier alpha value is -0.380. The average Bonchev–Trinajstić information content (AvgIpc) is 2.31. The van der Waals surface area contributed by atoms with Crippen LogP contribution < -0.4 is 5.32 Å². The highest BCUT2D eigenvalue weighted by atomic mass is 15.4. The first-order chi connectivity index (χ1) is 7.70. The molecular formula is C13H25N3. The van der Waals surface area contributed by atoms with Gasteiger partial charge in [-0.1, -0.05) is 5.57 Å². The summed E-state index contributed by atoms with van der Waals surface area (Å²) in [7, 11) is 2.10. The molecule has 16 heavy (non-hydrogen) atoms. The summed E-state index contributed by atoms with van der Waals surface area (Å²) >= 11 is 0. The Bertz CT molecular complexity index is 244. The Kier molecular flexibility index (Phi) is 4.00. The normalized spacial score (nSPS) is 35.0. The molecule has 0 aromatic heterocycles. The molecule has 0 saturated carbocycles. The minimum atomic E-state index is 0.625. The van der Waals surface area contributed by atoms with Gasteiger partial charge in [-0.2, -0.15) is 0 Å². The maximum absolute atomic E-state index is 4.00. The summed E-state index contributed by atoms with van der Waals surface area (Å²) in [6.07, 6.45) is 2.37. The molecule has 3 heterocycles. The van der Waals surface area contributed by atoms with Crippen LogP contribution in [0.2, 0.25) is 0 Å². The zero-order valence-electron chi connectivity index (χ0n) is 10.7. The largest absolute Gasteiger partial charge is 0.315 e. The molecule has 2 atom stereocenters. The Balaban J connectivity index is 1.90. The highest BCUT2D eigenvalue weighted by molar-refractivity contribution is 4.97. The lowest BCUT2D eigenvalue weighted by Gasteiger charge is -2.50. The van der Waals surface area contributed by atoms with E-state index in [0.29, 0.717) is 12.1 Å². The molecule has 2 unspecified atom stereocenters. The van der Waals surface area contributed by atoms with Crippen molar-refractivity contribution in [2.24, 2.45) is 0 Å². The molecule has 3 heteroatoms. The number of nitrogens with one attached hydrogen (secondary N) is 1. The minimum absolute atomic E-state index is 0.625. The van der Waals surface area contributed by atoms with E-state index in [1.54, 1.807) is 0 Å². The maximum atomic E-state index is 4.00. The van der Waals surface area contributed by atoms with E-state index >= 15 is 0 Å². The summed E-state index contributed by atoms with van der Waals surface area (Å²) in [5.41, 5.74) is 1.30. The highest BCUT2D eigenvalue weighted by Gasteiger charge is 2.35. The first-order valence-corrected chi connectivity index (χ1v) is 6.48. The van der Waals surface area contributed by atoms with Gasteiger partial charge in [-0.05, 0) is 26.8 Å². The molecule has 1 N–H and O–H groups in total. The summed E-state index contributed by atoms with van der Waals surface area (Å²) in [6, 6.07) is 1.34. The van der Waals surface area contributed by atoms with Crippen LogP contribution in [-0.4, -0.2) is 61.7 Å². The number of rotatable bonds is 5. The Morgan fingerprint density at radius 1 is 1.38 bits per heavy atom. The molecule has 3 rings (SSSR count). The van der Waals surface area contributed by atoms with Gasteiger partial charge in [0.2, 0.25) is 0 Å². The summed E-state index contributed by atoms with van der Waals surface area (Å²) in [6.45, 7) is 12.4. The van der Waals surface area contributed by atoms with Crippen LogP contribution >= 0.6 is 0 Å². The van der Waals surface area contributed by atoms with Crippen LogP contribution in [-0.2, 0) is 0 Å². The molecule has 92 valence electrons. The molecule has 3 fully saturated rings. The Labute approximate surface area is 99.5 Å². The standard InChI is InChI=1S/C13H25N3/c1-11(2)4-5-12(14-3)13-10-15-6-8-16(13)9-7-15/h12-14H,1,4-10H2,2-3H3. The van der Waals surface area contributed by atoms with Crippen molar-refractivity contribution < 1.29 is 0 Å². The SMILES string of the molecule is C=C(C)CCC(NC)C1CN2CCN1CC2. The third-order valence-corrected chi connectivity index (χ3v) is 4.04. The minimum Gasteiger partial charge on any atom is -0.315 e. The predicted molar refractivity (Wildman–Crippen MR) is 68.7 cm³/mol. The zero-order chi connectivity index (χ0) is 11.5. The summed E-state index contributed by atoms with van der Waals surface area (Å²) in [5, 5.41) is 3.50. The van der Waals surface area contributed by atoms with Crippen molar-refractivity contribution in [3.63, 3.8) is 0 Å². The molecule has 3 aliphatic rings. The first-order valence-electron chi connectivity index (χ1n) is 6.48. The molecule has 0 amide bonds. The van der Waals surface area contributed by atoms with E-state index in [-0.39, 0.29) is 0 Å². The van der Waals surface area contributed by atoms with Gasteiger partial charge < -0.3 is 5.32 Å². The van der Waals surface area contributed by atoms with E-state index < -0.39 is 0 Å². The number of allylic oxidation sites excluding steroid dienone is 1. The van der Waals surface area contributed by atoms with Gasteiger partial charge in [0.1, 0.15) is 0 Å². The fraction of sp³-hybridized carbons (Fsp3) is 0.846. The van der Waals surface area contributed by atoms with Crippen LogP contribution in [0.4, 0.5) is 0 Å². The van der Waals surface area contributed by atoms with Gasteiger partial charge in [0, 0.05) is 44.8 Å². The van der Waals surface area contributed by atoms with Crippen molar-refractivity contribution >= 4 is 0 Å². The number of nitrogens with zero attached hydrogens (tertiary/aromatic N) is 2. The second-order valence-electron chi connectivity index (χ2n) is 5.29. The summed E-state index contributed by atoms with van der Waals surface area (Å²) in [5.74, 6) is 0. The molecule has 3 aliphatic heterocycles. The van der Waals surface area contributed by atoms with Gasteiger partial charge in [-0.15, -0.1) is 6.58 Å². The first kappa shape index (κ1) is 12.1. The zero-order valence-corrected chi connectivity index (χ0v) is 10.7. The number of likely N-dealkylation sites (N-methyl/N-ethyl adjacent to an activating group) is 1. The molecule has 3 saturated heterocycles. The molecule has 0 aliphatic carbocycles. The van der Waals surface area contributed by atoms with Crippen LogP contribution in [0.1, 0.15) is 19.8 Å². The van der Waals surface area contributed by atoms with Gasteiger partial charge in [0.25, 0.3) is 0 Å². The lowest BCUT2D eigenvalue weighted by Crippen LogP contribution is -2.66. The lowest BCUT2D eigenvalue weighted by atomic mass is 9.95. The fourth-order valence-corrected chi connectivity index (χ4v) is 2.97. The Morgan fingerprint density at radius 3 is 2.50 bits per heavy atom. The van der Waals surface area contributed by atoms with Gasteiger partial charge >= 0.3 is 0 Å². The topological polar surface area (TPSA) is 18.5 Å². The number of hydrogen-bond donors (Lipinski definition) is 1. The molecular weight excluding hydrogens is 198 g/mol. The molecule has 2 bridgehead atoms. The van der Waals surface area contributed by atoms with Gasteiger partial charge in [-0.25, -0.2) is 0 Å². The van der Waals surface area contributed by atoms with E-state index in [9.17, 15) is 0 Å². The van der Waals surface area contributed by atoms with E-state index in [2.05, 4.69) is 35.7 Å². The summed E-state index contributed by atoms with van der Waals surface area (Å²) in [4.78, 5) is 5.27. The second kappa shape index (κ2) is 5.30. The molecule has 3 nitrogen and oxygen atoms in total. The van der Waals surface area contributed by atoms with Crippen LogP contribution in [0.3, 0.4) is 0 Å². The second-order valence-corrected chi connectivity index (χ2v) is 5.29. The lowest BCUT2D eigenvalue weighted by molar-refractivity contribution is -0.00325. The highest BCUT2D eigenvalue weighted by Crippen LogP contribution is 2.21. The van der Waals surface area contributed by atoms with Crippen LogP contribution in [0, 0.1) is 0 Å². The fourth-order valence-electron chi connectivity index (χ4n) is 2.97. The van der Waals surface area contributed by atoms with Gasteiger partial charge in [0.05, 0.1) is 0 Å². The molecule has 0 radical (unpaired) electrons. The van der Waals surface area contributed by atoms with E-state index in [1.807, 2.05) is 0 Å². The smallest absolute Gasteiger partial charge is 0.0377 e. The summed E-state index contributed by atoms with van der Waals surface area (Å²) < 4.78 is 0. The van der Waals surface area contributed by atoms with Crippen molar-refractivity contribution in [2.75, 3.05) is 39.8 Å². The van der Waals surface area contributed by atoms with Gasteiger partial charge in [-0.3, -0.25) is 9.80 Å². The van der Waals surface area contributed by atoms with Crippen molar-refractivity contribution in [2.45, 2.75) is 31.8 Å². The Morgan fingerprint density at radius 2 is 2.06 bits per heavy atom. The van der Waals surface area contributed by atoms with E-state index in [0.717, 1.165) is 6.42 Å². The number of fused-ring (bicyclic) bond motifs is 3. The van der Waals surface area contributed by atoms with Gasteiger partial charge in [0.15, 0.2) is 0 Å². The van der Waals surface area contributed by atoms with Crippen molar-refractivity contribution in [1.29, 1.82) is 0 Å². The third-order valence-electron chi connectivity index (χ3n) is 4.04. The van der Waals surface area contributed by atoms with E-state index in [1.165, 1.54) is 44.7 Å². The predicted octanol–water partition coefficient (Wildman–Crippen LogP) is 0.930. The molecule has 0 aromatic rings. The third kappa shape index (κ3) is 2.65. The number of hydrogen-bond acceptors (Lipinski definition) is 3. The van der Waals surface area contributed by atoms with E-state index in [4.69, 9.17) is 0 Å². The molecule has 0 spiro atoms. The maximum Gasteiger partial charge on any atom is 0.0377 e.